The minimum atomic E-state index is 0.470. The predicted octanol–water partition coefficient (Wildman–Crippen LogP) is 8.39. The number of allylic oxidation sites excluding steroid dienone is 1. The Hall–Kier alpha value is -1.54. The van der Waals surface area contributed by atoms with Crippen LogP contribution in [0.15, 0.2) is 43.0 Å². The van der Waals surface area contributed by atoms with Gasteiger partial charge in [0.2, 0.25) is 0 Å². The van der Waals surface area contributed by atoms with Crippen molar-refractivity contribution in [2.45, 2.75) is 93.0 Å². The molecule has 29 heavy (non-hydrogen) atoms. The Morgan fingerprint density at radius 2 is 1.55 bits per heavy atom. The molecule has 0 N–H and O–H groups in total. The molecule has 1 aliphatic heterocycles. The Kier molecular flexibility index (Phi) is 17.7. The van der Waals surface area contributed by atoms with Crippen molar-refractivity contribution in [1.82, 2.24) is 9.47 Å². The Morgan fingerprint density at radius 3 is 1.93 bits per heavy atom. The highest BCUT2D eigenvalue weighted by Crippen LogP contribution is 2.24. The van der Waals surface area contributed by atoms with E-state index in [0.29, 0.717) is 5.54 Å². The number of likely N-dealkylation sites (tertiary alicyclic amines) is 1. The van der Waals surface area contributed by atoms with Crippen LogP contribution in [0.3, 0.4) is 0 Å². The molecular weight excluding hydrogens is 352 g/mol. The fourth-order valence-corrected chi connectivity index (χ4v) is 2.83. The van der Waals surface area contributed by atoms with Crippen LogP contribution in [0.25, 0.3) is 10.9 Å². The lowest BCUT2D eigenvalue weighted by Gasteiger charge is -2.39. The lowest BCUT2D eigenvalue weighted by Crippen LogP contribution is -2.44. The van der Waals surface area contributed by atoms with Crippen LogP contribution in [-0.2, 0) is 7.05 Å². The largest absolute Gasteiger partial charge is 0.348 e. The topological polar surface area (TPSA) is 8.17 Å². The fourth-order valence-electron chi connectivity index (χ4n) is 2.83. The summed E-state index contributed by atoms with van der Waals surface area (Å²) in [5, 5.41) is 1.33. The molecule has 2 nitrogen and oxygen atoms in total. The van der Waals surface area contributed by atoms with E-state index < -0.39 is 0 Å². The Labute approximate surface area is 183 Å². The van der Waals surface area contributed by atoms with Crippen LogP contribution < -0.4 is 0 Å². The number of benzene rings is 1. The minimum Gasteiger partial charge on any atom is -0.348 e. The van der Waals surface area contributed by atoms with Crippen LogP contribution >= 0.6 is 0 Å². The predicted molar refractivity (Wildman–Crippen MR) is 136 cm³/mol. The zero-order chi connectivity index (χ0) is 22.9. The van der Waals surface area contributed by atoms with Gasteiger partial charge in [0.1, 0.15) is 0 Å². The number of aryl methyl sites for hydroxylation is 2. The quantitative estimate of drug-likeness (QED) is 0.435. The second-order valence-electron chi connectivity index (χ2n) is 8.00. The highest BCUT2D eigenvalue weighted by Gasteiger charge is 2.25. The summed E-state index contributed by atoms with van der Waals surface area (Å²) >= 11 is 0. The molecule has 0 unspecified atom stereocenters. The first-order valence-electron chi connectivity index (χ1n) is 11.6. The fraction of sp³-hybridized carbons (Fsp3) is 0.630. The van der Waals surface area contributed by atoms with Crippen LogP contribution in [-0.4, -0.2) is 28.6 Å². The van der Waals surface area contributed by atoms with Crippen LogP contribution in [0.4, 0.5) is 0 Å². The Morgan fingerprint density at radius 1 is 1.03 bits per heavy atom. The highest BCUT2D eigenvalue weighted by molar-refractivity contribution is 5.80. The summed E-state index contributed by atoms with van der Waals surface area (Å²) in [7, 11) is 4.32. The van der Waals surface area contributed by atoms with Gasteiger partial charge in [0.25, 0.3) is 0 Å². The first-order chi connectivity index (χ1) is 13.7. The molecule has 0 aliphatic carbocycles. The number of aromatic nitrogens is 1. The van der Waals surface area contributed by atoms with Gasteiger partial charge in [0, 0.05) is 23.8 Å². The molecule has 1 saturated heterocycles. The maximum Gasteiger partial charge on any atom is 0.0479 e. The number of nitrogens with zero attached hydrogens (tertiary/aromatic N) is 2. The van der Waals surface area contributed by atoms with Gasteiger partial charge in [0.05, 0.1) is 0 Å². The monoisotopic (exact) mass is 402 g/mol. The summed E-state index contributed by atoms with van der Waals surface area (Å²) in [6, 6.07) is 10.6. The number of fused-ring (bicyclic) bond motifs is 1. The summed E-state index contributed by atoms with van der Waals surface area (Å²) in [6.45, 7) is 21.9. The standard InChI is InChI=1S/C10H11N.C8H17N.C4H8.C3H8.C2H6/c1-8-7-9-5-3-4-6-10(9)11(8)2;1-8(2)6-4-5-7-9(8)3;1-3-4-2;1-3-2;1-2/h3-7H,1-2H3;4-7H2,1-3H3;3H,1,4H2,2H3;3H2,1-2H3;1-2H3. The van der Waals surface area contributed by atoms with Crippen molar-refractivity contribution in [1.29, 1.82) is 0 Å². The molecule has 2 heteroatoms. The van der Waals surface area contributed by atoms with Crippen LogP contribution in [0.5, 0.6) is 0 Å². The molecule has 1 fully saturated rings. The SMILES string of the molecule is C=CCC.CC.CCC.CN1CCCCC1(C)C.Cc1cc2ccccc2n1C. The van der Waals surface area contributed by atoms with Gasteiger partial charge < -0.3 is 9.47 Å². The van der Waals surface area contributed by atoms with Crippen molar-refractivity contribution in [2.75, 3.05) is 13.6 Å². The van der Waals surface area contributed by atoms with E-state index in [2.05, 4.69) is 102 Å². The number of piperidine rings is 1. The van der Waals surface area contributed by atoms with E-state index >= 15 is 0 Å². The van der Waals surface area contributed by atoms with Crippen molar-refractivity contribution in [3.63, 3.8) is 0 Å². The van der Waals surface area contributed by atoms with Gasteiger partial charge in [-0.2, -0.15) is 0 Å². The van der Waals surface area contributed by atoms with Crippen molar-refractivity contribution >= 4 is 10.9 Å². The number of rotatable bonds is 1. The van der Waals surface area contributed by atoms with E-state index in [-0.39, 0.29) is 0 Å². The number of para-hydroxylation sites is 1. The first kappa shape index (κ1) is 29.7. The summed E-state index contributed by atoms with van der Waals surface area (Å²) in [5.74, 6) is 0. The average molecular weight is 403 g/mol. The molecule has 0 amide bonds. The summed E-state index contributed by atoms with van der Waals surface area (Å²) < 4.78 is 2.20. The second kappa shape index (κ2) is 17.3. The molecule has 0 radical (unpaired) electrons. The van der Waals surface area contributed by atoms with E-state index in [1.807, 2.05) is 19.9 Å². The third-order valence-corrected chi connectivity index (χ3v) is 5.05. The molecular formula is C27H50N2. The maximum atomic E-state index is 3.48. The van der Waals surface area contributed by atoms with Gasteiger partial charge in [-0.05, 0) is 71.1 Å². The van der Waals surface area contributed by atoms with Gasteiger partial charge in [-0.1, -0.05) is 71.7 Å². The van der Waals surface area contributed by atoms with E-state index in [1.54, 1.807) is 0 Å². The zero-order valence-electron chi connectivity index (χ0n) is 21.3. The van der Waals surface area contributed by atoms with E-state index in [0.717, 1.165) is 6.42 Å². The molecule has 1 aromatic heterocycles. The van der Waals surface area contributed by atoms with Gasteiger partial charge in [-0.25, -0.2) is 0 Å². The first-order valence-corrected chi connectivity index (χ1v) is 11.6. The zero-order valence-corrected chi connectivity index (χ0v) is 21.3. The highest BCUT2D eigenvalue weighted by atomic mass is 15.2. The smallest absolute Gasteiger partial charge is 0.0479 e. The van der Waals surface area contributed by atoms with Crippen LogP contribution in [0, 0.1) is 6.92 Å². The molecule has 3 rings (SSSR count). The molecule has 0 atom stereocenters. The number of hydrogen-bond acceptors (Lipinski definition) is 1. The van der Waals surface area contributed by atoms with E-state index in [4.69, 9.17) is 0 Å². The van der Waals surface area contributed by atoms with Gasteiger partial charge in [0.15, 0.2) is 0 Å². The lowest BCUT2D eigenvalue weighted by atomic mass is 9.91. The Balaban J connectivity index is 0. The van der Waals surface area contributed by atoms with E-state index in [9.17, 15) is 0 Å². The molecule has 2 heterocycles. The summed E-state index contributed by atoms with van der Waals surface area (Å²) in [6.07, 6.45) is 8.38. The van der Waals surface area contributed by atoms with Crippen molar-refractivity contribution in [3.05, 3.63) is 48.7 Å². The molecule has 1 aliphatic rings. The third kappa shape index (κ3) is 11.9. The van der Waals surface area contributed by atoms with Crippen LogP contribution in [0.1, 0.15) is 86.3 Å². The maximum absolute atomic E-state index is 3.48. The third-order valence-electron chi connectivity index (χ3n) is 5.05. The molecule has 0 saturated carbocycles. The van der Waals surface area contributed by atoms with Gasteiger partial charge in [-0.15, -0.1) is 6.58 Å². The summed E-state index contributed by atoms with van der Waals surface area (Å²) in [4.78, 5) is 2.45. The Bertz CT molecular complexity index is 637. The normalized spacial score (nSPS) is 14.6. The minimum absolute atomic E-state index is 0.470. The van der Waals surface area contributed by atoms with Crippen molar-refractivity contribution in [3.8, 4) is 0 Å². The average Bonchev–Trinajstić information content (AvgIpc) is 3.01. The van der Waals surface area contributed by atoms with Crippen LogP contribution in [0.2, 0.25) is 0 Å². The number of hydrogen-bond donors (Lipinski definition) is 0. The van der Waals surface area contributed by atoms with Gasteiger partial charge in [-0.3, -0.25) is 0 Å². The molecule has 0 spiro atoms. The second-order valence-corrected chi connectivity index (χ2v) is 8.00. The molecule has 0 bridgehead atoms. The van der Waals surface area contributed by atoms with Crippen molar-refractivity contribution < 1.29 is 0 Å². The molecule has 1 aromatic carbocycles. The lowest BCUT2D eigenvalue weighted by molar-refractivity contribution is 0.108. The van der Waals surface area contributed by atoms with E-state index in [1.165, 1.54) is 48.8 Å². The molecule has 2 aromatic rings. The van der Waals surface area contributed by atoms with Crippen molar-refractivity contribution in [2.24, 2.45) is 7.05 Å². The molecule has 168 valence electrons. The van der Waals surface area contributed by atoms with Gasteiger partial charge >= 0.3 is 0 Å². The summed E-state index contributed by atoms with van der Waals surface area (Å²) in [5.41, 5.74) is 3.09.